The second-order valence-electron chi connectivity index (χ2n) is 6.28. The molecular formula is C17H34O3S. The predicted octanol–water partition coefficient (Wildman–Crippen LogP) is 5.52. The van der Waals surface area contributed by atoms with Gasteiger partial charge in [0.05, 0.1) is 0 Å². The number of rotatable bonds is 14. The second-order valence-corrected chi connectivity index (χ2v) is 8.16. The third-order valence-corrected chi connectivity index (χ3v) is 5.85. The quantitative estimate of drug-likeness (QED) is 0.260. The number of unbranched alkanes of at least 4 members (excludes halogenated alkanes) is 10. The van der Waals surface area contributed by atoms with E-state index in [2.05, 4.69) is 13.5 Å². The van der Waals surface area contributed by atoms with Crippen molar-refractivity contribution in [2.75, 3.05) is 0 Å². The maximum atomic E-state index is 11.3. The van der Waals surface area contributed by atoms with E-state index in [0.717, 1.165) is 19.3 Å². The molecule has 0 aromatic heterocycles. The molecule has 126 valence electrons. The van der Waals surface area contributed by atoms with Crippen LogP contribution in [0, 0.1) is 0 Å². The molecule has 0 amide bonds. The molecule has 0 saturated carbocycles. The van der Waals surface area contributed by atoms with Crippen molar-refractivity contribution in [3.63, 3.8) is 0 Å². The normalized spacial score (nSPS) is 14.8. The summed E-state index contributed by atoms with van der Waals surface area (Å²) in [6.07, 6.45) is 15.3. The summed E-state index contributed by atoms with van der Waals surface area (Å²) in [4.78, 5) is 0. The van der Waals surface area contributed by atoms with Crippen molar-refractivity contribution in [1.29, 1.82) is 0 Å². The third kappa shape index (κ3) is 9.30. The van der Waals surface area contributed by atoms with Gasteiger partial charge in [-0.15, -0.1) is 6.58 Å². The lowest BCUT2D eigenvalue weighted by atomic mass is 10.0. The molecule has 0 aromatic rings. The molecule has 0 rings (SSSR count). The average molecular weight is 319 g/mol. The lowest BCUT2D eigenvalue weighted by molar-refractivity contribution is 0.437. The van der Waals surface area contributed by atoms with E-state index in [1.165, 1.54) is 64.4 Å². The minimum atomic E-state index is -4.05. The van der Waals surface area contributed by atoms with Gasteiger partial charge in [0.2, 0.25) is 0 Å². The number of hydrogen-bond acceptors (Lipinski definition) is 2. The van der Waals surface area contributed by atoms with E-state index < -0.39 is 14.9 Å². The Morgan fingerprint density at radius 1 is 0.905 bits per heavy atom. The summed E-state index contributed by atoms with van der Waals surface area (Å²) in [6, 6.07) is 0. The molecule has 0 aliphatic heterocycles. The molecule has 0 spiro atoms. The first kappa shape index (κ1) is 20.6. The first-order chi connectivity index (χ1) is 9.87. The van der Waals surface area contributed by atoms with Gasteiger partial charge in [0.1, 0.15) is 4.75 Å². The highest BCUT2D eigenvalue weighted by atomic mass is 32.2. The monoisotopic (exact) mass is 318 g/mol. The summed E-state index contributed by atoms with van der Waals surface area (Å²) >= 11 is 0. The van der Waals surface area contributed by atoms with Crippen LogP contribution in [0.15, 0.2) is 12.7 Å². The molecule has 4 heteroatoms. The Balaban J connectivity index is 3.54. The lowest BCUT2D eigenvalue weighted by Crippen LogP contribution is -2.32. The molecule has 0 aliphatic rings. The van der Waals surface area contributed by atoms with Crippen molar-refractivity contribution in [2.45, 2.75) is 95.6 Å². The van der Waals surface area contributed by atoms with E-state index >= 15 is 0 Å². The Hall–Kier alpha value is -0.350. The molecule has 0 saturated heterocycles. The van der Waals surface area contributed by atoms with Gasteiger partial charge in [-0.05, 0) is 13.3 Å². The Bertz CT molecular complexity index is 362. The van der Waals surface area contributed by atoms with Crippen LogP contribution in [0.1, 0.15) is 90.9 Å². The zero-order chi connectivity index (χ0) is 16.2. The lowest BCUT2D eigenvalue weighted by Gasteiger charge is -2.21. The van der Waals surface area contributed by atoms with Crippen LogP contribution in [0.5, 0.6) is 0 Å². The zero-order valence-corrected chi connectivity index (χ0v) is 14.8. The molecule has 21 heavy (non-hydrogen) atoms. The summed E-state index contributed by atoms with van der Waals surface area (Å²) in [7, 11) is -4.05. The first-order valence-electron chi connectivity index (χ1n) is 8.48. The summed E-state index contributed by atoms with van der Waals surface area (Å²) in [5, 5.41) is 0. The van der Waals surface area contributed by atoms with Gasteiger partial charge < -0.3 is 0 Å². The zero-order valence-electron chi connectivity index (χ0n) is 13.9. The molecule has 0 radical (unpaired) electrons. The van der Waals surface area contributed by atoms with Gasteiger partial charge in [-0.1, -0.05) is 83.6 Å². The van der Waals surface area contributed by atoms with Gasteiger partial charge in [-0.2, -0.15) is 8.42 Å². The van der Waals surface area contributed by atoms with Crippen LogP contribution in [0.3, 0.4) is 0 Å². The fourth-order valence-corrected chi connectivity index (χ4v) is 3.09. The van der Waals surface area contributed by atoms with E-state index in [-0.39, 0.29) is 0 Å². The molecule has 0 heterocycles. The van der Waals surface area contributed by atoms with Gasteiger partial charge >= 0.3 is 0 Å². The molecule has 0 aliphatic carbocycles. The Kier molecular flexibility index (Phi) is 11.1. The van der Waals surface area contributed by atoms with Gasteiger partial charge in [0.15, 0.2) is 0 Å². The van der Waals surface area contributed by atoms with E-state index in [4.69, 9.17) is 0 Å². The van der Waals surface area contributed by atoms with E-state index in [1.807, 2.05) is 0 Å². The maximum Gasteiger partial charge on any atom is 0.274 e. The summed E-state index contributed by atoms with van der Waals surface area (Å²) in [6.45, 7) is 7.30. The SMILES string of the molecule is C=CC(C)(CCCCCCCCCCCCC)S(=O)(=O)O. The van der Waals surface area contributed by atoms with E-state index in [9.17, 15) is 13.0 Å². The van der Waals surface area contributed by atoms with E-state index in [1.54, 1.807) is 0 Å². The fraction of sp³-hybridized carbons (Fsp3) is 0.882. The maximum absolute atomic E-state index is 11.3. The highest BCUT2D eigenvalue weighted by Gasteiger charge is 2.33. The summed E-state index contributed by atoms with van der Waals surface area (Å²) in [5.74, 6) is 0. The van der Waals surface area contributed by atoms with Gasteiger partial charge in [0, 0.05) is 0 Å². The highest BCUT2D eigenvalue weighted by molar-refractivity contribution is 7.87. The van der Waals surface area contributed by atoms with Gasteiger partial charge in [0.25, 0.3) is 10.1 Å². The molecule has 0 aromatic carbocycles. The third-order valence-electron chi connectivity index (χ3n) is 4.30. The summed E-state index contributed by atoms with van der Waals surface area (Å²) in [5.41, 5.74) is 0. The van der Waals surface area contributed by atoms with Crippen LogP contribution in [0.4, 0.5) is 0 Å². The minimum absolute atomic E-state index is 0.451. The molecule has 0 fully saturated rings. The van der Waals surface area contributed by atoms with Crippen LogP contribution < -0.4 is 0 Å². The van der Waals surface area contributed by atoms with Crippen molar-refractivity contribution in [2.24, 2.45) is 0 Å². The van der Waals surface area contributed by atoms with Crippen LogP contribution in [-0.2, 0) is 10.1 Å². The van der Waals surface area contributed by atoms with Crippen LogP contribution >= 0.6 is 0 Å². The van der Waals surface area contributed by atoms with Crippen molar-refractivity contribution < 1.29 is 13.0 Å². The Labute approximate surface area is 132 Å². The topological polar surface area (TPSA) is 54.4 Å². The van der Waals surface area contributed by atoms with Crippen molar-refractivity contribution in [3.8, 4) is 0 Å². The number of hydrogen-bond donors (Lipinski definition) is 1. The van der Waals surface area contributed by atoms with Crippen LogP contribution in [0.2, 0.25) is 0 Å². The largest absolute Gasteiger partial charge is 0.285 e. The average Bonchev–Trinajstić information content (AvgIpc) is 2.43. The molecule has 0 bridgehead atoms. The smallest absolute Gasteiger partial charge is 0.274 e. The van der Waals surface area contributed by atoms with Crippen LogP contribution in [0.25, 0.3) is 0 Å². The molecule has 1 N–H and O–H groups in total. The highest BCUT2D eigenvalue weighted by Crippen LogP contribution is 2.25. The Morgan fingerprint density at radius 2 is 1.29 bits per heavy atom. The van der Waals surface area contributed by atoms with Crippen molar-refractivity contribution in [3.05, 3.63) is 12.7 Å². The van der Waals surface area contributed by atoms with E-state index in [0.29, 0.717) is 6.42 Å². The van der Waals surface area contributed by atoms with Gasteiger partial charge in [-0.25, -0.2) is 0 Å². The second kappa shape index (κ2) is 11.2. The van der Waals surface area contributed by atoms with Gasteiger partial charge in [-0.3, -0.25) is 4.55 Å². The predicted molar refractivity (Wildman–Crippen MR) is 91.2 cm³/mol. The van der Waals surface area contributed by atoms with Crippen LogP contribution in [-0.4, -0.2) is 17.7 Å². The molecule has 1 unspecified atom stereocenters. The summed E-state index contributed by atoms with van der Waals surface area (Å²) < 4.78 is 30.6. The standard InChI is InChI=1S/C17H34O3S/c1-4-6-7-8-9-10-11-12-13-14-15-16-17(3,5-2)21(18,19)20/h5H,2,4,6-16H2,1,3H3,(H,18,19,20). The molecular weight excluding hydrogens is 284 g/mol. The minimum Gasteiger partial charge on any atom is -0.285 e. The first-order valence-corrected chi connectivity index (χ1v) is 9.92. The fourth-order valence-electron chi connectivity index (χ4n) is 2.48. The van der Waals surface area contributed by atoms with Crippen molar-refractivity contribution in [1.82, 2.24) is 0 Å². The molecule has 3 nitrogen and oxygen atoms in total. The van der Waals surface area contributed by atoms with Crippen molar-refractivity contribution >= 4 is 10.1 Å². The molecule has 1 atom stereocenters. The Morgan fingerprint density at radius 3 is 1.62 bits per heavy atom.